The number of likely N-dealkylation sites (tertiary alicyclic amines) is 2. The highest BCUT2D eigenvalue weighted by Crippen LogP contribution is 2.28. The Morgan fingerprint density at radius 1 is 0.967 bits per heavy atom. The van der Waals surface area contributed by atoms with Crippen LogP contribution in [0.3, 0.4) is 0 Å². The van der Waals surface area contributed by atoms with Gasteiger partial charge >= 0.3 is 0 Å². The first-order valence-electron chi connectivity index (χ1n) is 11.4. The van der Waals surface area contributed by atoms with Gasteiger partial charge in [0, 0.05) is 30.2 Å². The molecule has 4 heteroatoms. The fourth-order valence-corrected chi connectivity index (χ4v) is 5.26. The van der Waals surface area contributed by atoms with E-state index < -0.39 is 0 Å². The second-order valence-corrected chi connectivity index (χ2v) is 9.27. The zero-order valence-electron chi connectivity index (χ0n) is 18.4. The van der Waals surface area contributed by atoms with Crippen molar-refractivity contribution in [3.63, 3.8) is 0 Å². The number of amides is 1. The number of rotatable bonds is 4. The normalized spacial score (nSPS) is 23.5. The Labute approximate surface area is 181 Å². The Morgan fingerprint density at radius 2 is 1.63 bits per heavy atom. The fraction of sp³-hybridized carbons (Fsp3) is 0.500. The van der Waals surface area contributed by atoms with Crippen molar-refractivity contribution in [2.75, 3.05) is 19.6 Å². The highest BCUT2D eigenvalue weighted by atomic mass is 16.2. The molecule has 2 aliphatic heterocycles. The minimum absolute atomic E-state index is 0.182. The molecular formula is C26H35N3O. The molecule has 2 unspecified atom stereocenters. The molecule has 30 heavy (non-hydrogen) atoms. The minimum Gasteiger partial charge on any atom is -0.335 e. The first-order valence-corrected chi connectivity index (χ1v) is 11.4. The Hall–Kier alpha value is -2.17. The molecule has 4 rings (SSSR count). The van der Waals surface area contributed by atoms with Crippen molar-refractivity contribution in [3.8, 4) is 0 Å². The van der Waals surface area contributed by atoms with Gasteiger partial charge in [0.25, 0.3) is 5.91 Å². The number of aryl methyl sites for hydroxylation is 2. The van der Waals surface area contributed by atoms with Crippen LogP contribution in [-0.2, 0) is 6.42 Å². The number of nitrogens with two attached hydrogens (primary N) is 1. The molecular weight excluding hydrogens is 370 g/mol. The van der Waals surface area contributed by atoms with Crippen LogP contribution in [0, 0.1) is 13.8 Å². The third-order valence-electron chi connectivity index (χ3n) is 6.82. The van der Waals surface area contributed by atoms with Crippen LogP contribution in [0.1, 0.15) is 52.7 Å². The smallest absolute Gasteiger partial charge is 0.254 e. The summed E-state index contributed by atoms with van der Waals surface area (Å²) in [5.41, 5.74) is 10.6. The summed E-state index contributed by atoms with van der Waals surface area (Å²) >= 11 is 0. The topological polar surface area (TPSA) is 49.6 Å². The molecule has 0 spiro atoms. The van der Waals surface area contributed by atoms with Gasteiger partial charge in [0.1, 0.15) is 0 Å². The van der Waals surface area contributed by atoms with Crippen molar-refractivity contribution < 1.29 is 4.79 Å². The largest absolute Gasteiger partial charge is 0.335 e. The molecule has 2 aromatic rings. The van der Waals surface area contributed by atoms with E-state index in [1.807, 2.05) is 12.1 Å². The zero-order chi connectivity index (χ0) is 21.1. The van der Waals surface area contributed by atoms with E-state index in [-0.39, 0.29) is 11.9 Å². The van der Waals surface area contributed by atoms with Gasteiger partial charge in [0.05, 0.1) is 0 Å². The standard InChI is InChI=1S/C26H35N3O/c1-19-14-20(2)16-22(15-19)26(30)29-13-10-24(28-11-8-23(27)9-12-28)18-25(29)17-21-6-4-3-5-7-21/h3-7,14-16,23-25H,8-13,17-18,27H2,1-2H3. The molecule has 0 aromatic heterocycles. The van der Waals surface area contributed by atoms with Crippen LogP contribution in [0.4, 0.5) is 0 Å². The lowest BCUT2D eigenvalue weighted by atomic mass is 9.89. The van der Waals surface area contributed by atoms with Gasteiger partial charge in [-0.3, -0.25) is 4.79 Å². The first kappa shape index (κ1) is 21.1. The highest BCUT2D eigenvalue weighted by molar-refractivity contribution is 5.95. The van der Waals surface area contributed by atoms with Crippen LogP contribution >= 0.6 is 0 Å². The number of benzene rings is 2. The van der Waals surface area contributed by atoms with Gasteiger partial charge in [-0.25, -0.2) is 0 Å². The molecule has 2 saturated heterocycles. The van der Waals surface area contributed by atoms with Gasteiger partial charge in [0.15, 0.2) is 0 Å². The van der Waals surface area contributed by atoms with Crippen LogP contribution in [-0.4, -0.2) is 53.5 Å². The molecule has 0 saturated carbocycles. The third-order valence-corrected chi connectivity index (χ3v) is 6.82. The average molecular weight is 406 g/mol. The monoisotopic (exact) mass is 405 g/mol. The average Bonchev–Trinajstić information content (AvgIpc) is 2.74. The number of hydrogen-bond donors (Lipinski definition) is 1. The maximum absolute atomic E-state index is 13.5. The van der Waals surface area contributed by atoms with E-state index in [4.69, 9.17) is 5.73 Å². The molecule has 2 aromatic carbocycles. The van der Waals surface area contributed by atoms with Crippen molar-refractivity contribution >= 4 is 5.91 Å². The minimum atomic E-state index is 0.182. The summed E-state index contributed by atoms with van der Waals surface area (Å²) in [6.45, 7) is 7.15. The summed E-state index contributed by atoms with van der Waals surface area (Å²) < 4.78 is 0. The van der Waals surface area contributed by atoms with E-state index in [0.29, 0.717) is 12.1 Å². The SMILES string of the molecule is Cc1cc(C)cc(C(=O)N2CCC(N3CCC(N)CC3)CC2Cc2ccccc2)c1. The molecule has 2 N–H and O–H groups in total. The Bertz CT molecular complexity index is 838. The lowest BCUT2D eigenvalue weighted by Crippen LogP contribution is -2.54. The van der Waals surface area contributed by atoms with Gasteiger partial charge in [-0.1, -0.05) is 47.5 Å². The summed E-state index contributed by atoms with van der Waals surface area (Å²) in [5.74, 6) is 0.182. The van der Waals surface area contributed by atoms with Crippen LogP contribution in [0.15, 0.2) is 48.5 Å². The lowest BCUT2D eigenvalue weighted by Gasteiger charge is -2.45. The predicted molar refractivity (Wildman–Crippen MR) is 123 cm³/mol. The second kappa shape index (κ2) is 9.32. The van der Waals surface area contributed by atoms with Crippen molar-refractivity contribution in [2.24, 2.45) is 5.73 Å². The van der Waals surface area contributed by atoms with Gasteiger partial charge in [-0.2, -0.15) is 0 Å². The number of hydrogen-bond acceptors (Lipinski definition) is 3. The quantitative estimate of drug-likeness (QED) is 0.838. The van der Waals surface area contributed by atoms with E-state index in [1.54, 1.807) is 0 Å². The fourth-order valence-electron chi connectivity index (χ4n) is 5.26. The van der Waals surface area contributed by atoms with Crippen LogP contribution in [0.5, 0.6) is 0 Å². The Morgan fingerprint density at radius 3 is 2.30 bits per heavy atom. The molecule has 160 valence electrons. The van der Waals surface area contributed by atoms with E-state index in [0.717, 1.165) is 68.4 Å². The van der Waals surface area contributed by atoms with Gasteiger partial charge < -0.3 is 15.5 Å². The van der Waals surface area contributed by atoms with Gasteiger partial charge in [-0.15, -0.1) is 0 Å². The van der Waals surface area contributed by atoms with Crippen molar-refractivity contribution in [1.29, 1.82) is 0 Å². The van der Waals surface area contributed by atoms with E-state index in [9.17, 15) is 4.79 Å². The van der Waals surface area contributed by atoms with Crippen molar-refractivity contribution in [3.05, 3.63) is 70.8 Å². The maximum atomic E-state index is 13.5. The lowest BCUT2D eigenvalue weighted by molar-refractivity contribution is 0.0384. The predicted octanol–water partition coefficient (Wildman–Crippen LogP) is 3.94. The molecule has 2 aliphatic rings. The van der Waals surface area contributed by atoms with E-state index in [2.05, 4.69) is 60.0 Å². The molecule has 0 bridgehead atoms. The maximum Gasteiger partial charge on any atom is 0.254 e. The number of piperidine rings is 2. The summed E-state index contributed by atoms with van der Waals surface area (Å²) in [6.07, 6.45) is 5.19. The van der Waals surface area contributed by atoms with Crippen LogP contribution in [0.2, 0.25) is 0 Å². The summed E-state index contributed by atoms with van der Waals surface area (Å²) in [4.78, 5) is 18.3. The Kier molecular flexibility index (Phi) is 6.55. The Balaban J connectivity index is 1.54. The molecule has 0 aliphatic carbocycles. The highest BCUT2D eigenvalue weighted by Gasteiger charge is 2.35. The zero-order valence-corrected chi connectivity index (χ0v) is 18.4. The number of carbonyl (C=O) groups excluding carboxylic acids is 1. The number of carbonyl (C=O) groups is 1. The first-order chi connectivity index (χ1) is 14.5. The van der Waals surface area contributed by atoms with Crippen LogP contribution < -0.4 is 5.73 Å². The summed E-state index contributed by atoms with van der Waals surface area (Å²) in [5, 5.41) is 0. The van der Waals surface area contributed by atoms with Crippen molar-refractivity contribution in [1.82, 2.24) is 9.80 Å². The van der Waals surface area contributed by atoms with Crippen LogP contribution in [0.25, 0.3) is 0 Å². The van der Waals surface area contributed by atoms with Crippen molar-refractivity contribution in [2.45, 2.75) is 64.1 Å². The molecule has 2 fully saturated rings. The molecule has 2 heterocycles. The van der Waals surface area contributed by atoms with Gasteiger partial charge in [0.2, 0.25) is 0 Å². The van der Waals surface area contributed by atoms with E-state index >= 15 is 0 Å². The van der Waals surface area contributed by atoms with E-state index in [1.165, 1.54) is 5.56 Å². The molecule has 1 amide bonds. The second-order valence-electron chi connectivity index (χ2n) is 9.27. The molecule has 0 radical (unpaired) electrons. The molecule has 2 atom stereocenters. The summed E-state index contributed by atoms with van der Waals surface area (Å²) in [6, 6.07) is 18.0. The van der Waals surface area contributed by atoms with Gasteiger partial charge in [-0.05, 0) is 76.7 Å². The third kappa shape index (κ3) is 4.93. The molecule has 4 nitrogen and oxygen atoms in total. The number of nitrogens with zero attached hydrogens (tertiary/aromatic N) is 2. The summed E-state index contributed by atoms with van der Waals surface area (Å²) in [7, 11) is 0.